The van der Waals surface area contributed by atoms with E-state index in [2.05, 4.69) is 10.6 Å². The number of hydrogen-bond donors (Lipinski definition) is 2. The molecule has 4 amide bonds. The molecule has 37 heavy (non-hydrogen) atoms. The van der Waals surface area contributed by atoms with Crippen molar-refractivity contribution in [2.45, 2.75) is 37.6 Å². The van der Waals surface area contributed by atoms with Crippen molar-refractivity contribution in [1.29, 1.82) is 0 Å². The molecule has 12 heteroatoms. The van der Waals surface area contributed by atoms with Gasteiger partial charge in [-0.2, -0.15) is 4.31 Å². The number of fused-ring (bicyclic) bond motifs is 1. The van der Waals surface area contributed by atoms with E-state index < -0.39 is 40.0 Å². The first-order chi connectivity index (χ1) is 17.6. The van der Waals surface area contributed by atoms with E-state index in [1.807, 2.05) is 0 Å². The normalized spacial score (nSPS) is 19.5. The van der Waals surface area contributed by atoms with Crippen LogP contribution >= 0.6 is 0 Å². The van der Waals surface area contributed by atoms with E-state index in [-0.39, 0.29) is 4.90 Å². The maximum absolute atomic E-state index is 13.3. The first-order valence-corrected chi connectivity index (χ1v) is 13.5. The quantitative estimate of drug-likeness (QED) is 0.500. The monoisotopic (exact) mass is 530 g/mol. The number of ether oxygens (including phenoxy) is 2. The van der Waals surface area contributed by atoms with Crippen LogP contribution in [0, 0.1) is 0 Å². The smallest absolute Gasteiger partial charge is 0.325 e. The maximum atomic E-state index is 13.3. The minimum absolute atomic E-state index is 0.106. The summed E-state index contributed by atoms with van der Waals surface area (Å²) < 4.78 is 37.9. The second-order valence-electron chi connectivity index (χ2n) is 8.82. The Morgan fingerprint density at radius 3 is 2.35 bits per heavy atom. The molecule has 0 saturated carbocycles. The Morgan fingerprint density at radius 2 is 1.70 bits per heavy atom. The summed E-state index contributed by atoms with van der Waals surface area (Å²) in [4.78, 5) is 39.5. The highest BCUT2D eigenvalue weighted by molar-refractivity contribution is 7.89. The molecule has 0 unspecified atom stereocenters. The van der Waals surface area contributed by atoms with Crippen LogP contribution in [0.15, 0.2) is 47.4 Å². The number of carbonyl (C=O) groups is 3. The lowest BCUT2D eigenvalue weighted by Crippen LogP contribution is -2.42. The van der Waals surface area contributed by atoms with Crippen LogP contribution < -0.4 is 20.1 Å². The van der Waals surface area contributed by atoms with Gasteiger partial charge in [-0.15, -0.1) is 0 Å². The molecule has 2 aliphatic rings. The van der Waals surface area contributed by atoms with Gasteiger partial charge in [0.1, 0.15) is 12.1 Å². The first-order valence-electron chi connectivity index (χ1n) is 12.0. The fourth-order valence-corrected chi connectivity index (χ4v) is 5.74. The summed E-state index contributed by atoms with van der Waals surface area (Å²) in [5, 5.41) is 5.28. The van der Waals surface area contributed by atoms with Crippen molar-refractivity contribution in [2.75, 3.05) is 38.2 Å². The van der Waals surface area contributed by atoms with Crippen molar-refractivity contribution < 1.29 is 32.3 Å². The topological polar surface area (TPSA) is 134 Å². The Hall–Kier alpha value is -3.64. The zero-order chi connectivity index (χ0) is 26.8. The summed E-state index contributed by atoms with van der Waals surface area (Å²) in [7, 11) is -3.63. The van der Waals surface area contributed by atoms with Crippen LogP contribution in [-0.4, -0.2) is 68.3 Å². The van der Waals surface area contributed by atoms with Gasteiger partial charge in [-0.05, 0) is 48.9 Å². The number of benzene rings is 2. The highest BCUT2D eigenvalue weighted by Gasteiger charge is 2.49. The number of nitrogens with zero attached hydrogens (tertiary/aromatic N) is 2. The first kappa shape index (κ1) is 26.4. The molecule has 2 aromatic rings. The number of nitrogens with one attached hydrogen (secondary N) is 2. The van der Waals surface area contributed by atoms with E-state index >= 15 is 0 Å². The van der Waals surface area contributed by atoms with E-state index in [4.69, 9.17) is 9.47 Å². The second kappa shape index (κ2) is 10.4. The minimum atomic E-state index is -3.63. The van der Waals surface area contributed by atoms with Crippen molar-refractivity contribution in [1.82, 2.24) is 14.5 Å². The Morgan fingerprint density at radius 1 is 1.05 bits per heavy atom. The van der Waals surface area contributed by atoms with Crippen LogP contribution in [0.4, 0.5) is 10.5 Å². The molecule has 2 heterocycles. The molecule has 1 fully saturated rings. The number of amides is 4. The van der Waals surface area contributed by atoms with Gasteiger partial charge in [0.05, 0.1) is 18.1 Å². The Bertz CT molecular complexity index is 1310. The average molecular weight is 531 g/mol. The molecule has 0 aromatic heterocycles. The summed E-state index contributed by atoms with van der Waals surface area (Å²) >= 11 is 0. The fourth-order valence-electron chi connectivity index (χ4n) is 4.28. The van der Waals surface area contributed by atoms with E-state index in [1.165, 1.54) is 28.6 Å². The molecule has 1 atom stereocenters. The molecule has 4 rings (SSSR count). The SMILES string of the molecule is CCN(CC)S(=O)(=O)c1ccc(NC(=O)CN2C(=O)N[C@](C)(c3ccc4c(c3)OCCCO4)C2=O)cc1. The van der Waals surface area contributed by atoms with E-state index in [0.29, 0.717) is 49.1 Å². The number of anilines is 1. The van der Waals surface area contributed by atoms with Crippen LogP contribution in [0.3, 0.4) is 0 Å². The van der Waals surface area contributed by atoms with E-state index in [0.717, 1.165) is 11.3 Å². The molecule has 11 nitrogen and oxygen atoms in total. The molecule has 0 bridgehead atoms. The standard InChI is InChI=1S/C25H30N4O7S/c1-4-28(5-2)37(33,34)19-10-8-18(9-11-19)26-22(30)16-29-23(31)25(3,27-24(29)32)17-7-12-20-21(15-17)36-14-6-13-35-20/h7-12,15H,4-6,13-14,16H2,1-3H3,(H,26,30)(H,27,32)/t25-/m1/s1. The predicted molar refractivity (Wildman–Crippen MR) is 135 cm³/mol. The molecule has 2 aliphatic heterocycles. The van der Waals surface area contributed by atoms with Gasteiger partial charge in [0.15, 0.2) is 11.5 Å². The molecule has 0 spiro atoms. The van der Waals surface area contributed by atoms with Crippen molar-refractivity contribution in [3.05, 3.63) is 48.0 Å². The predicted octanol–water partition coefficient (Wildman–Crippen LogP) is 2.28. The zero-order valence-corrected chi connectivity index (χ0v) is 21.8. The molecule has 0 aliphatic carbocycles. The van der Waals surface area contributed by atoms with Gasteiger partial charge in [-0.3, -0.25) is 14.5 Å². The highest BCUT2D eigenvalue weighted by Crippen LogP contribution is 2.36. The highest BCUT2D eigenvalue weighted by atomic mass is 32.2. The van der Waals surface area contributed by atoms with Crippen LogP contribution in [0.5, 0.6) is 11.5 Å². The van der Waals surface area contributed by atoms with E-state index in [1.54, 1.807) is 39.0 Å². The van der Waals surface area contributed by atoms with Gasteiger partial charge in [-0.1, -0.05) is 19.9 Å². The number of imide groups is 1. The molecular formula is C25H30N4O7S. The third-order valence-corrected chi connectivity index (χ3v) is 8.45. The zero-order valence-electron chi connectivity index (χ0n) is 20.9. The summed E-state index contributed by atoms with van der Waals surface area (Å²) in [6.07, 6.45) is 0.730. The summed E-state index contributed by atoms with van der Waals surface area (Å²) in [5.74, 6) is -0.136. The van der Waals surface area contributed by atoms with Gasteiger partial charge in [-0.25, -0.2) is 13.2 Å². The van der Waals surface area contributed by atoms with Crippen molar-refractivity contribution in [2.24, 2.45) is 0 Å². The third kappa shape index (κ3) is 5.12. The van der Waals surface area contributed by atoms with Crippen LogP contribution in [0.2, 0.25) is 0 Å². The number of sulfonamides is 1. The van der Waals surface area contributed by atoms with E-state index in [9.17, 15) is 22.8 Å². The Labute approximate surface area is 215 Å². The number of urea groups is 1. The number of hydrogen-bond acceptors (Lipinski definition) is 7. The average Bonchev–Trinajstić information content (AvgIpc) is 3.02. The molecule has 0 radical (unpaired) electrons. The summed E-state index contributed by atoms with van der Waals surface area (Å²) in [6.45, 7) is 6.25. The molecule has 2 N–H and O–H groups in total. The van der Waals surface area contributed by atoms with Crippen molar-refractivity contribution >= 4 is 33.6 Å². The van der Waals surface area contributed by atoms with Gasteiger partial charge < -0.3 is 20.1 Å². The van der Waals surface area contributed by atoms with Gasteiger partial charge in [0, 0.05) is 25.2 Å². The summed E-state index contributed by atoms with van der Waals surface area (Å²) in [5.41, 5.74) is -0.549. The third-order valence-electron chi connectivity index (χ3n) is 6.38. The number of rotatable bonds is 8. The summed E-state index contributed by atoms with van der Waals surface area (Å²) in [6, 6.07) is 10.1. The lowest BCUT2D eigenvalue weighted by Gasteiger charge is -2.23. The maximum Gasteiger partial charge on any atom is 0.325 e. The fraction of sp³-hybridized carbons (Fsp3) is 0.400. The van der Waals surface area contributed by atoms with Crippen LogP contribution in [0.1, 0.15) is 32.8 Å². The molecular weight excluding hydrogens is 500 g/mol. The van der Waals surface area contributed by atoms with Gasteiger partial charge in [0.2, 0.25) is 15.9 Å². The lowest BCUT2D eigenvalue weighted by atomic mass is 9.91. The Balaban J connectivity index is 1.44. The minimum Gasteiger partial charge on any atom is -0.490 e. The van der Waals surface area contributed by atoms with Gasteiger partial charge >= 0.3 is 6.03 Å². The van der Waals surface area contributed by atoms with Crippen LogP contribution in [-0.2, 0) is 25.2 Å². The van der Waals surface area contributed by atoms with Crippen molar-refractivity contribution in [3.8, 4) is 11.5 Å². The lowest BCUT2D eigenvalue weighted by molar-refractivity contribution is -0.133. The molecule has 198 valence electrons. The van der Waals surface area contributed by atoms with Crippen LogP contribution in [0.25, 0.3) is 0 Å². The largest absolute Gasteiger partial charge is 0.490 e. The van der Waals surface area contributed by atoms with Crippen molar-refractivity contribution in [3.63, 3.8) is 0 Å². The molecule has 1 saturated heterocycles. The van der Waals surface area contributed by atoms with Gasteiger partial charge in [0.25, 0.3) is 5.91 Å². The molecule has 2 aromatic carbocycles. The number of carbonyl (C=O) groups excluding carboxylic acids is 3. The second-order valence-corrected chi connectivity index (χ2v) is 10.8. The Kier molecular flexibility index (Phi) is 7.42.